The van der Waals surface area contributed by atoms with E-state index in [2.05, 4.69) is 20.2 Å². The first-order valence-corrected chi connectivity index (χ1v) is 9.77. The SMILES string of the molecule is CNC(C)Cc1noc(CCNS(=O)(=O)c2c(C)cc(C)cc2C)n1.Cl. The molecule has 2 rings (SSSR count). The highest BCUT2D eigenvalue weighted by molar-refractivity contribution is 7.89. The van der Waals surface area contributed by atoms with Crippen LogP contribution >= 0.6 is 12.4 Å². The van der Waals surface area contributed by atoms with Gasteiger partial charge in [0.2, 0.25) is 15.9 Å². The molecule has 1 atom stereocenters. The second-order valence-electron chi connectivity index (χ2n) is 6.37. The molecule has 0 spiro atoms. The van der Waals surface area contributed by atoms with Crippen molar-refractivity contribution < 1.29 is 12.9 Å². The van der Waals surface area contributed by atoms with Crippen LogP contribution in [0.5, 0.6) is 0 Å². The lowest BCUT2D eigenvalue weighted by Gasteiger charge is -2.12. The van der Waals surface area contributed by atoms with Crippen molar-refractivity contribution in [1.29, 1.82) is 0 Å². The standard InChI is InChI=1S/C17H26N4O3S.ClH/c1-11-8-12(2)17(13(3)9-11)25(22,23)19-7-6-16-20-15(21-24-16)10-14(4)18-5;/h8-9,14,18-19H,6-7,10H2,1-5H3;1H. The average molecular weight is 403 g/mol. The lowest BCUT2D eigenvalue weighted by molar-refractivity contribution is 0.371. The summed E-state index contributed by atoms with van der Waals surface area (Å²) in [6.07, 6.45) is 1.01. The van der Waals surface area contributed by atoms with E-state index in [4.69, 9.17) is 4.52 Å². The van der Waals surface area contributed by atoms with Gasteiger partial charge in [-0.05, 0) is 45.9 Å². The lowest BCUT2D eigenvalue weighted by Crippen LogP contribution is -2.27. The van der Waals surface area contributed by atoms with Crippen LogP contribution in [0.25, 0.3) is 0 Å². The maximum Gasteiger partial charge on any atom is 0.241 e. The van der Waals surface area contributed by atoms with Crippen molar-refractivity contribution in [3.8, 4) is 0 Å². The summed E-state index contributed by atoms with van der Waals surface area (Å²) in [4.78, 5) is 4.62. The van der Waals surface area contributed by atoms with Crippen LogP contribution in [0, 0.1) is 20.8 Å². The van der Waals surface area contributed by atoms with Crippen LogP contribution < -0.4 is 10.0 Å². The van der Waals surface area contributed by atoms with Gasteiger partial charge in [0.05, 0.1) is 4.90 Å². The molecular formula is C17H27ClN4O3S. The number of sulfonamides is 1. The zero-order chi connectivity index (χ0) is 18.6. The van der Waals surface area contributed by atoms with Gasteiger partial charge in [0, 0.05) is 25.4 Å². The Kier molecular flexibility index (Phi) is 8.20. The van der Waals surface area contributed by atoms with Crippen molar-refractivity contribution in [2.24, 2.45) is 0 Å². The van der Waals surface area contributed by atoms with Crippen LogP contribution in [-0.2, 0) is 22.9 Å². The maximum absolute atomic E-state index is 12.6. The van der Waals surface area contributed by atoms with E-state index in [-0.39, 0.29) is 25.0 Å². The summed E-state index contributed by atoms with van der Waals surface area (Å²) < 4.78 is 32.9. The Bertz CT molecular complexity index is 813. The maximum atomic E-state index is 12.6. The molecule has 1 aromatic carbocycles. The highest BCUT2D eigenvalue weighted by Crippen LogP contribution is 2.21. The molecule has 0 aliphatic carbocycles. The first-order valence-electron chi connectivity index (χ1n) is 8.29. The predicted molar refractivity (Wildman–Crippen MR) is 103 cm³/mol. The van der Waals surface area contributed by atoms with Gasteiger partial charge in [0.15, 0.2) is 5.82 Å². The van der Waals surface area contributed by atoms with Gasteiger partial charge in [-0.25, -0.2) is 13.1 Å². The fourth-order valence-electron chi connectivity index (χ4n) is 2.81. The van der Waals surface area contributed by atoms with Crippen molar-refractivity contribution in [1.82, 2.24) is 20.2 Å². The van der Waals surface area contributed by atoms with Crippen molar-refractivity contribution in [2.75, 3.05) is 13.6 Å². The Morgan fingerprint density at radius 2 is 1.81 bits per heavy atom. The summed E-state index contributed by atoms with van der Waals surface area (Å²) in [6.45, 7) is 7.80. The molecule has 7 nitrogen and oxygen atoms in total. The topological polar surface area (TPSA) is 97.1 Å². The van der Waals surface area contributed by atoms with Gasteiger partial charge in [-0.1, -0.05) is 22.9 Å². The van der Waals surface area contributed by atoms with Gasteiger partial charge in [0.25, 0.3) is 0 Å². The zero-order valence-electron chi connectivity index (χ0n) is 15.8. The smallest absolute Gasteiger partial charge is 0.241 e. The predicted octanol–water partition coefficient (Wildman–Crippen LogP) is 2.09. The van der Waals surface area contributed by atoms with Crippen LogP contribution in [0.15, 0.2) is 21.6 Å². The molecule has 2 N–H and O–H groups in total. The molecule has 0 amide bonds. The second kappa shape index (κ2) is 9.45. The lowest BCUT2D eigenvalue weighted by atomic mass is 10.1. The van der Waals surface area contributed by atoms with Crippen LogP contribution in [-0.4, -0.2) is 38.2 Å². The van der Waals surface area contributed by atoms with Crippen molar-refractivity contribution in [3.63, 3.8) is 0 Å². The summed E-state index contributed by atoms with van der Waals surface area (Å²) >= 11 is 0. The van der Waals surface area contributed by atoms with Crippen LogP contribution in [0.1, 0.15) is 35.3 Å². The number of benzene rings is 1. The number of hydrogen-bond acceptors (Lipinski definition) is 6. The summed E-state index contributed by atoms with van der Waals surface area (Å²) in [5.74, 6) is 1.04. The van der Waals surface area contributed by atoms with Gasteiger partial charge in [-0.2, -0.15) is 4.98 Å². The van der Waals surface area contributed by atoms with E-state index < -0.39 is 10.0 Å². The van der Waals surface area contributed by atoms with E-state index in [1.165, 1.54) is 0 Å². The number of aromatic nitrogens is 2. The van der Waals surface area contributed by atoms with E-state index >= 15 is 0 Å². The quantitative estimate of drug-likeness (QED) is 0.701. The molecular weight excluding hydrogens is 376 g/mol. The summed E-state index contributed by atoms with van der Waals surface area (Å²) in [5.41, 5.74) is 2.53. The number of rotatable bonds is 8. The Labute approximate surface area is 161 Å². The van der Waals surface area contributed by atoms with Gasteiger partial charge >= 0.3 is 0 Å². The number of halogens is 1. The molecule has 26 heavy (non-hydrogen) atoms. The van der Waals surface area contributed by atoms with Crippen LogP contribution in [0.4, 0.5) is 0 Å². The monoisotopic (exact) mass is 402 g/mol. The number of nitrogens with zero attached hydrogens (tertiary/aromatic N) is 2. The van der Waals surface area contributed by atoms with E-state index in [0.717, 1.165) is 16.7 Å². The summed E-state index contributed by atoms with van der Waals surface area (Å²) in [6, 6.07) is 3.99. The normalized spacial score (nSPS) is 12.7. The number of hydrogen-bond donors (Lipinski definition) is 2. The molecule has 0 aliphatic heterocycles. The second-order valence-corrected chi connectivity index (χ2v) is 8.08. The van der Waals surface area contributed by atoms with E-state index in [0.29, 0.717) is 29.5 Å². The fourth-order valence-corrected chi connectivity index (χ4v) is 4.29. The van der Waals surface area contributed by atoms with Gasteiger partial charge in [-0.3, -0.25) is 0 Å². The fraction of sp³-hybridized carbons (Fsp3) is 0.529. The zero-order valence-corrected chi connectivity index (χ0v) is 17.4. The average Bonchev–Trinajstić information content (AvgIpc) is 2.92. The third-order valence-electron chi connectivity index (χ3n) is 4.00. The molecule has 2 aromatic rings. The third kappa shape index (κ3) is 5.77. The highest BCUT2D eigenvalue weighted by atomic mass is 35.5. The van der Waals surface area contributed by atoms with Crippen LogP contribution in [0.3, 0.4) is 0 Å². The molecule has 1 heterocycles. The largest absolute Gasteiger partial charge is 0.339 e. The molecule has 0 radical (unpaired) electrons. The van der Waals surface area contributed by atoms with Crippen molar-refractivity contribution in [3.05, 3.63) is 40.5 Å². The molecule has 0 saturated carbocycles. The molecule has 0 saturated heterocycles. The van der Waals surface area contributed by atoms with Crippen molar-refractivity contribution >= 4 is 22.4 Å². The molecule has 0 aliphatic rings. The van der Waals surface area contributed by atoms with Crippen molar-refractivity contribution in [2.45, 2.75) is 51.5 Å². The molecule has 1 unspecified atom stereocenters. The Morgan fingerprint density at radius 1 is 1.19 bits per heavy atom. The Morgan fingerprint density at radius 3 is 2.38 bits per heavy atom. The number of nitrogens with one attached hydrogen (secondary N) is 2. The molecule has 0 bridgehead atoms. The minimum atomic E-state index is -3.57. The number of likely N-dealkylation sites (N-methyl/N-ethyl adjacent to an activating group) is 1. The Hall–Kier alpha value is -1.48. The highest BCUT2D eigenvalue weighted by Gasteiger charge is 2.20. The third-order valence-corrected chi connectivity index (χ3v) is 5.76. The van der Waals surface area contributed by atoms with E-state index in [9.17, 15) is 8.42 Å². The summed E-state index contributed by atoms with van der Waals surface area (Å²) in [5, 5.41) is 7.02. The van der Waals surface area contributed by atoms with Crippen LogP contribution in [0.2, 0.25) is 0 Å². The first kappa shape index (κ1) is 22.6. The minimum Gasteiger partial charge on any atom is -0.339 e. The molecule has 1 aromatic heterocycles. The van der Waals surface area contributed by atoms with E-state index in [1.54, 1.807) is 0 Å². The van der Waals surface area contributed by atoms with Gasteiger partial charge < -0.3 is 9.84 Å². The first-order chi connectivity index (χ1) is 11.7. The molecule has 146 valence electrons. The van der Waals surface area contributed by atoms with Gasteiger partial charge in [-0.15, -0.1) is 12.4 Å². The molecule has 9 heteroatoms. The van der Waals surface area contributed by atoms with E-state index in [1.807, 2.05) is 46.9 Å². The van der Waals surface area contributed by atoms with Gasteiger partial charge in [0.1, 0.15) is 0 Å². The Balaban J connectivity index is 0.00000338. The minimum absolute atomic E-state index is 0. The summed E-state index contributed by atoms with van der Waals surface area (Å²) in [7, 11) is -1.70. The molecule has 0 fully saturated rings. The number of aryl methyl sites for hydroxylation is 3.